The van der Waals surface area contributed by atoms with Crippen molar-refractivity contribution in [2.45, 2.75) is 18.9 Å². The van der Waals surface area contributed by atoms with Gasteiger partial charge in [-0.15, -0.1) is 0 Å². The second-order valence-electron chi connectivity index (χ2n) is 4.08. The van der Waals surface area contributed by atoms with Gasteiger partial charge in [-0.05, 0) is 12.8 Å². The van der Waals surface area contributed by atoms with E-state index < -0.39 is 10.0 Å². The van der Waals surface area contributed by atoms with Crippen molar-refractivity contribution in [2.75, 3.05) is 24.2 Å². The summed E-state index contributed by atoms with van der Waals surface area (Å²) in [4.78, 5) is 7.65. The van der Waals surface area contributed by atoms with E-state index in [1.165, 1.54) is 13.2 Å². The van der Waals surface area contributed by atoms with Crippen LogP contribution in [0.5, 0.6) is 5.88 Å². The molecule has 1 aliphatic heterocycles. The Morgan fingerprint density at radius 1 is 1.58 bits per heavy atom. The number of halogens is 1. The minimum absolute atomic E-state index is 0.0988. The van der Waals surface area contributed by atoms with Crippen molar-refractivity contribution < 1.29 is 17.9 Å². The molecule has 1 atom stereocenters. The highest BCUT2D eigenvalue weighted by molar-refractivity contribution is 7.92. The molecule has 0 amide bonds. The Balaban J connectivity index is 2.08. The van der Waals surface area contributed by atoms with E-state index in [1.807, 2.05) is 0 Å². The fraction of sp³-hybridized carbons (Fsp3) is 0.600. The smallest absolute Gasteiger partial charge is 0.241 e. The molecule has 1 aliphatic rings. The zero-order valence-electron chi connectivity index (χ0n) is 10.3. The lowest BCUT2D eigenvalue weighted by Gasteiger charge is -2.11. The Labute approximate surface area is 116 Å². The lowest BCUT2D eigenvalue weighted by molar-refractivity contribution is 0.127. The zero-order valence-corrected chi connectivity index (χ0v) is 11.9. The summed E-state index contributed by atoms with van der Waals surface area (Å²) in [6, 6.07) is 1.39. The lowest BCUT2D eigenvalue weighted by Crippen LogP contribution is -2.26. The van der Waals surface area contributed by atoms with Gasteiger partial charge in [-0.1, -0.05) is 11.6 Å². The number of rotatable bonds is 5. The maximum atomic E-state index is 11.9. The van der Waals surface area contributed by atoms with Gasteiger partial charge in [0.1, 0.15) is 5.15 Å². The number of hydrogen-bond acceptors (Lipinski definition) is 6. The third-order valence-corrected chi connectivity index (χ3v) is 4.05. The van der Waals surface area contributed by atoms with Crippen LogP contribution in [0.1, 0.15) is 12.8 Å². The molecule has 1 aromatic heterocycles. The summed E-state index contributed by atoms with van der Waals surface area (Å²) in [6.45, 7) is 0.599. The van der Waals surface area contributed by atoms with Gasteiger partial charge in [0.15, 0.2) is 0 Å². The quantitative estimate of drug-likeness (QED) is 0.818. The third-order valence-electron chi connectivity index (χ3n) is 2.56. The normalized spacial score (nSPS) is 19.4. The predicted octanol–water partition coefficient (Wildman–Crippen LogP) is 1.06. The first-order valence-electron chi connectivity index (χ1n) is 5.69. The molecule has 9 heteroatoms. The molecule has 1 aromatic rings. The summed E-state index contributed by atoms with van der Waals surface area (Å²) in [6.07, 6.45) is 1.33. The molecule has 2 heterocycles. The van der Waals surface area contributed by atoms with Crippen LogP contribution in [0.25, 0.3) is 0 Å². The maximum Gasteiger partial charge on any atom is 0.241 e. The summed E-state index contributed by atoms with van der Waals surface area (Å²) < 4.78 is 36.3. The monoisotopic (exact) mass is 307 g/mol. The van der Waals surface area contributed by atoms with E-state index in [9.17, 15) is 8.42 Å². The standard InChI is InChI=1S/C10H14ClN3O4S/c1-17-9-5-8(11)12-10(13-9)14-19(15,16)6-7-3-2-4-18-7/h5,7H,2-4,6H2,1H3,(H,12,13,14). The van der Waals surface area contributed by atoms with Crippen molar-refractivity contribution in [3.63, 3.8) is 0 Å². The van der Waals surface area contributed by atoms with Crippen LogP contribution >= 0.6 is 11.6 Å². The van der Waals surface area contributed by atoms with Gasteiger partial charge in [0.25, 0.3) is 0 Å². The van der Waals surface area contributed by atoms with Crippen LogP contribution in [0.2, 0.25) is 5.15 Å². The van der Waals surface area contributed by atoms with E-state index >= 15 is 0 Å². The van der Waals surface area contributed by atoms with Gasteiger partial charge in [-0.3, -0.25) is 4.72 Å². The van der Waals surface area contributed by atoms with Gasteiger partial charge in [0.05, 0.1) is 19.0 Å². The summed E-state index contributed by atoms with van der Waals surface area (Å²) in [7, 11) is -2.17. The molecule has 0 aromatic carbocycles. The van der Waals surface area contributed by atoms with Crippen LogP contribution in [0.3, 0.4) is 0 Å². The average molecular weight is 308 g/mol. The van der Waals surface area contributed by atoms with Crippen molar-refractivity contribution >= 4 is 27.6 Å². The fourth-order valence-electron chi connectivity index (χ4n) is 1.75. The summed E-state index contributed by atoms with van der Waals surface area (Å²) in [5.41, 5.74) is 0. The molecule has 2 rings (SSSR count). The topological polar surface area (TPSA) is 90.4 Å². The number of aromatic nitrogens is 2. The molecule has 7 nitrogen and oxygen atoms in total. The maximum absolute atomic E-state index is 11.9. The van der Waals surface area contributed by atoms with Gasteiger partial charge in [-0.25, -0.2) is 13.4 Å². The van der Waals surface area contributed by atoms with Crippen molar-refractivity contribution in [3.05, 3.63) is 11.2 Å². The third kappa shape index (κ3) is 4.19. The molecular formula is C10H14ClN3O4S. The van der Waals surface area contributed by atoms with Crippen LogP contribution in [-0.2, 0) is 14.8 Å². The summed E-state index contributed by atoms with van der Waals surface area (Å²) >= 11 is 5.74. The molecule has 0 radical (unpaired) electrons. The molecule has 106 valence electrons. The Hall–Kier alpha value is -1.12. The molecule has 0 saturated carbocycles. The van der Waals surface area contributed by atoms with Gasteiger partial charge in [-0.2, -0.15) is 4.98 Å². The van der Waals surface area contributed by atoms with Gasteiger partial charge >= 0.3 is 0 Å². The second-order valence-corrected chi connectivity index (χ2v) is 6.23. The Morgan fingerprint density at radius 2 is 2.37 bits per heavy atom. The van der Waals surface area contributed by atoms with E-state index in [4.69, 9.17) is 21.1 Å². The van der Waals surface area contributed by atoms with Gasteiger partial charge < -0.3 is 9.47 Å². The van der Waals surface area contributed by atoms with E-state index in [0.29, 0.717) is 6.61 Å². The molecule has 1 unspecified atom stereocenters. The Morgan fingerprint density at radius 3 is 3.00 bits per heavy atom. The molecule has 19 heavy (non-hydrogen) atoms. The van der Waals surface area contributed by atoms with E-state index in [2.05, 4.69) is 14.7 Å². The minimum atomic E-state index is -3.57. The number of sulfonamides is 1. The number of hydrogen-bond donors (Lipinski definition) is 1. The van der Waals surface area contributed by atoms with Gasteiger partial charge in [0, 0.05) is 12.7 Å². The SMILES string of the molecule is COc1cc(Cl)nc(NS(=O)(=O)CC2CCCO2)n1. The molecule has 1 fully saturated rings. The number of nitrogens with one attached hydrogen (secondary N) is 1. The van der Waals surface area contributed by atoms with Crippen LogP contribution in [-0.4, -0.2) is 44.0 Å². The van der Waals surface area contributed by atoms with Gasteiger partial charge in [0.2, 0.25) is 21.9 Å². The van der Waals surface area contributed by atoms with Crippen LogP contribution < -0.4 is 9.46 Å². The largest absolute Gasteiger partial charge is 0.481 e. The van der Waals surface area contributed by atoms with Crippen molar-refractivity contribution in [1.82, 2.24) is 9.97 Å². The lowest BCUT2D eigenvalue weighted by atomic mass is 10.3. The molecular weight excluding hydrogens is 294 g/mol. The number of methoxy groups -OCH3 is 1. The van der Waals surface area contributed by atoms with Crippen LogP contribution in [0.4, 0.5) is 5.95 Å². The Bertz CT molecular complexity index is 546. The minimum Gasteiger partial charge on any atom is -0.481 e. The van der Waals surface area contributed by atoms with Crippen LogP contribution in [0, 0.1) is 0 Å². The first-order valence-corrected chi connectivity index (χ1v) is 7.72. The number of nitrogens with zero attached hydrogens (tertiary/aromatic N) is 2. The zero-order chi connectivity index (χ0) is 13.9. The molecule has 0 bridgehead atoms. The first-order chi connectivity index (χ1) is 8.98. The average Bonchev–Trinajstić information content (AvgIpc) is 2.79. The first kappa shape index (κ1) is 14.3. The number of ether oxygens (including phenoxy) is 2. The fourth-order valence-corrected chi connectivity index (χ4v) is 3.13. The second kappa shape index (κ2) is 5.89. The highest BCUT2D eigenvalue weighted by Gasteiger charge is 2.24. The van der Waals surface area contributed by atoms with Crippen LogP contribution in [0.15, 0.2) is 6.07 Å². The van der Waals surface area contributed by atoms with Crippen molar-refractivity contribution in [2.24, 2.45) is 0 Å². The predicted molar refractivity (Wildman–Crippen MR) is 70.0 cm³/mol. The van der Waals surface area contributed by atoms with Crippen molar-refractivity contribution in [3.8, 4) is 5.88 Å². The van der Waals surface area contributed by atoms with E-state index in [0.717, 1.165) is 12.8 Å². The highest BCUT2D eigenvalue weighted by Crippen LogP contribution is 2.18. The van der Waals surface area contributed by atoms with E-state index in [1.54, 1.807) is 0 Å². The number of anilines is 1. The molecule has 1 N–H and O–H groups in total. The van der Waals surface area contributed by atoms with Crippen molar-refractivity contribution in [1.29, 1.82) is 0 Å². The molecule has 0 aliphatic carbocycles. The Kier molecular flexibility index (Phi) is 4.43. The highest BCUT2D eigenvalue weighted by atomic mass is 35.5. The summed E-state index contributed by atoms with van der Waals surface area (Å²) in [5, 5.41) is 0.0988. The van der Waals surface area contributed by atoms with E-state index in [-0.39, 0.29) is 28.8 Å². The molecule has 1 saturated heterocycles. The molecule has 0 spiro atoms. The summed E-state index contributed by atoms with van der Waals surface area (Å²) in [5.74, 6) is -0.0391.